The highest BCUT2D eigenvalue weighted by Gasteiger charge is 2.74. The zero-order chi connectivity index (χ0) is 17.7. The highest BCUT2D eigenvalue weighted by Crippen LogP contribution is 2.70. The molecule has 1 N–H and O–H groups in total. The smallest absolute Gasteiger partial charge is 0.407 e. The minimum atomic E-state index is -0.843. The van der Waals surface area contributed by atoms with Crippen LogP contribution in [0.2, 0.25) is 0 Å². The van der Waals surface area contributed by atoms with Gasteiger partial charge in [0.25, 0.3) is 0 Å². The Labute approximate surface area is 147 Å². The van der Waals surface area contributed by atoms with Crippen LogP contribution in [-0.2, 0) is 16.0 Å². The highest BCUT2D eigenvalue weighted by molar-refractivity contribution is 5.82. The van der Waals surface area contributed by atoms with Crippen molar-refractivity contribution in [3.05, 3.63) is 35.9 Å². The summed E-state index contributed by atoms with van der Waals surface area (Å²) in [7, 11) is 1.46. The molecule has 2 bridgehead atoms. The lowest BCUT2D eigenvalue weighted by atomic mass is 9.38. The number of rotatable bonds is 4. The lowest BCUT2D eigenvalue weighted by molar-refractivity contribution is -0.239. The summed E-state index contributed by atoms with van der Waals surface area (Å²) in [6, 6.07) is 10.00. The van der Waals surface area contributed by atoms with Crippen molar-refractivity contribution < 1.29 is 19.4 Å². The molecular weight excluding hydrogens is 320 g/mol. The van der Waals surface area contributed by atoms with E-state index in [0.717, 1.165) is 44.3 Å². The fraction of sp³-hybridized carbons (Fsp3) is 0.579. The molecule has 5 rings (SSSR count). The lowest BCUT2D eigenvalue weighted by Crippen LogP contribution is -2.79. The van der Waals surface area contributed by atoms with Gasteiger partial charge in [0.15, 0.2) is 0 Å². The summed E-state index contributed by atoms with van der Waals surface area (Å²) in [5.74, 6) is -0.0839. The number of carbonyl (C=O) groups is 2. The van der Waals surface area contributed by atoms with E-state index in [0.29, 0.717) is 6.54 Å². The van der Waals surface area contributed by atoms with Gasteiger partial charge >= 0.3 is 12.1 Å². The predicted octanol–water partition coefficient (Wildman–Crippen LogP) is 1.99. The maximum Gasteiger partial charge on any atom is 0.407 e. The summed E-state index contributed by atoms with van der Waals surface area (Å²) in [6.07, 6.45) is 2.46. The van der Waals surface area contributed by atoms with Crippen LogP contribution < -0.4 is 0 Å². The Kier molecular flexibility index (Phi) is 3.76. The van der Waals surface area contributed by atoms with Gasteiger partial charge in [-0.15, -0.1) is 0 Å². The summed E-state index contributed by atoms with van der Waals surface area (Å²) in [4.78, 5) is 27.5. The van der Waals surface area contributed by atoms with E-state index in [1.807, 2.05) is 30.3 Å². The van der Waals surface area contributed by atoms with Gasteiger partial charge < -0.3 is 14.7 Å². The second-order valence-corrected chi connectivity index (χ2v) is 7.79. The molecule has 0 radical (unpaired) electrons. The van der Waals surface area contributed by atoms with Crippen molar-refractivity contribution in [2.24, 2.45) is 5.41 Å². The van der Waals surface area contributed by atoms with Crippen LogP contribution in [0, 0.1) is 5.41 Å². The van der Waals surface area contributed by atoms with Crippen LogP contribution in [0.4, 0.5) is 4.79 Å². The van der Waals surface area contributed by atoms with Crippen molar-refractivity contribution in [2.75, 3.05) is 26.7 Å². The second kappa shape index (κ2) is 5.73. The van der Waals surface area contributed by atoms with E-state index in [4.69, 9.17) is 4.74 Å². The topological polar surface area (TPSA) is 70.1 Å². The van der Waals surface area contributed by atoms with Gasteiger partial charge in [-0.2, -0.15) is 0 Å². The van der Waals surface area contributed by atoms with Crippen LogP contribution in [-0.4, -0.2) is 65.3 Å². The largest absolute Gasteiger partial charge is 0.469 e. The molecule has 1 aromatic rings. The van der Waals surface area contributed by atoms with Crippen molar-refractivity contribution in [2.45, 2.75) is 37.3 Å². The average Bonchev–Trinajstić information content (AvgIpc) is 2.53. The van der Waals surface area contributed by atoms with E-state index in [1.165, 1.54) is 7.11 Å². The van der Waals surface area contributed by atoms with Crippen molar-refractivity contribution >= 4 is 12.1 Å². The molecule has 0 aromatic heterocycles. The zero-order valence-electron chi connectivity index (χ0n) is 14.5. The van der Waals surface area contributed by atoms with Gasteiger partial charge in [0.2, 0.25) is 0 Å². The average molecular weight is 344 g/mol. The van der Waals surface area contributed by atoms with Crippen molar-refractivity contribution in [3.8, 4) is 0 Å². The molecule has 1 aromatic carbocycles. The first-order valence-corrected chi connectivity index (χ1v) is 8.85. The number of benzene rings is 1. The maximum atomic E-state index is 11.9. The number of nitrogens with zero attached hydrogens (tertiary/aromatic N) is 2. The number of piperazine rings is 1. The van der Waals surface area contributed by atoms with E-state index in [2.05, 4.69) is 4.90 Å². The van der Waals surface area contributed by atoms with Crippen LogP contribution in [0.1, 0.15) is 24.8 Å². The molecule has 3 saturated carbocycles. The van der Waals surface area contributed by atoms with Crippen LogP contribution in [0.5, 0.6) is 0 Å². The summed E-state index contributed by atoms with van der Waals surface area (Å²) in [6.45, 7) is 2.01. The summed E-state index contributed by atoms with van der Waals surface area (Å²) in [5.41, 5.74) is 0.991. The molecule has 1 aliphatic heterocycles. The zero-order valence-corrected chi connectivity index (χ0v) is 14.5. The Bertz CT molecular complexity index is 670. The SMILES string of the molecule is COC(=O)C12CC(N3CCN(C(=O)O)C(Cc4ccccc4)C3)(C1)C2. The maximum absolute atomic E-state index is 11.9. The fourth-order valence-electron chi connectivity index (χ4n) is 5.10. The molecule has 1 atom stereocenters. The standard InChI is InChI=1S/C19H24N2O4/c1-25-16(22)18-11-19(12-18,13-18)20-7-8-21(17(23)24)15(10-20)9-14-5-3-2-4-6-14/h2-6,15H,7-13H2,1H3,(H,23,24). The molecule has 1 unspecified atom stereocenters. The Balaban J connectivity index is 1.45. The minimum absolute atomic E-state index is 0.0447. The van der Waals surface area contributed by atoms with Crippen molar-refractivity contribution in [3.63, 3.8) is 0 Å². The molecule has 6 heteroatoms. The number of methoxy groups -OCH3 is 1. The van der Waals surface area contributed by atoms with E-state index in [1.54, 1.807) is 4.90 Å². The Morgan fingerprint density at radius 3 is 2.48 bits per heavy atom. The van der Waals surface area contributed by atoms with Gasteiger partial charge in [-0.3, -0.25) is 9.69 Å². The number of ether oxygens (including phenoxy) is 1. The van der Waals surface area contributed by atoms with Crippen LogP contribution >= 0.6 is 0 Å². The third-order valence-corrected chi connectivity index (χ3v) is 6.33. The van der Waals surface area contributed by atoms with Crippen molar-refractivity contribution in [1.29, 1.82) is 0 Å². The minimum Gasteiger partial charge on any atom is -0.469 e. The first-order valence-electron chi connectivity index (χ1n) is 8.85. The lowest BCUT2D eigenvalue weighted by Gasteiger charge is -2.73. The van der Waals surface area contributed by atoms with Gasteiger partial charge in [-0.05, 0) is 31.2 Å². The third kappa shape index (κ3) is 2.51. The fourth-order valence-corrected chi connectivity index (χ4v) is 5.10. The molecule has 25 heavy (non-hydrogen) atoms. The number of carbonyl (C=O) groups excluding carboxylic acids is 1. The summed E-state index contributed by atoms with van der Waals surface area (Å²) >= 11 is 0. The van der Waals surface area contributed by atoms with Gasteiger partial charge in [0, 0.05) is 25.2 Å². The Morgan fingerprint density at radius 2 is 1.88 bits per heavy atom. The molecular formula is C19H24N2O4. The Morgan fingerprint density at radius 1 is 1.20 bits per heavy atom. The van der Waals surface area contributed by atoms with Gasteiger partial charge in [-0.25, -0.2) is 4.79 Å². The number of carboxylic acid groups (broad SMARTS) is 1. The van der Waals surface area contributed by atoms with Crippen LogP contribution in [0.3, 0.4) is 0 Å². The normalized spacial score (nSPS) is 34.0. The number of esters is 1. The first kappa shape index (κ1) is 16.4. The molecule has 1 amide bonds. The van der Waals surface area contributed by atoms with E-state index in [9.17, 15) is 14.7 Å². The highest BCUT2D eigenvalue weighted by atomic mass is 16.5. The monoisotopic (exact) mass is 344 g/mol. The van der Waals surface area contributed by atoms with Gasteiger partial charge in [-0.1, -0.05) is 30.3 Å². The second-order valence-electron chi connectivity index (χ2n) is 7.79. The third-order valence-electron chi connectivity index (χ3n) is 6.33. The molecule has 1 heterocycles. The number of hydrogen-bond donors (Lipinski definition) is 1. The van der Waals surface area contributed by atoms with Crippen LogP contribution in [0.25, 0.3) is 0 Å². The van der Waals surface area contributed by atoms with E-state index < -0.39 is 6.09 Å². The Hall–Kier alpha value is -2.08. The quantitative estimate of drug-likeness (QED) is 0.846. The first-order chi connectivity index (χ1) is 12.0. The van der Waals surface area contributed by atoms with E-state index >= 15 is 0 Å². The van der Waals surface area contributed by atoms with Crippen LogP contribution in [0.15, 0.2) is 30.3 Å². The molecule has 3 aliphatic carbocycles. The molecule has 4 fully saturated rings. The summed E-state index contributed by atoms with van der Waals surface area (Å²) in [5, 5.41) is 9.55. The molecule has 0 spiro atoms. The van der Waals surface area contributed by atoms with Crippen molar-refractivity contribution in [1.82, 2.24) is 9.80 Å². The predicted molar refractivity (Wildman–Crippen MR) is 91.3 cm³/mol. The summed E-state index contributed by atoms with van der Waals surface area (Å²) < 4.78 is 4.93. The molecule has 6 nitrogen and oxygen atoms in total. The number of amides is 1. The molecule has 134 valence electrons. The number of hydrogen-bond acceptors (Lipinski definition) is 4. The molecule has 4 aliphatic rings. The van der Waals surface area contributed by atoms with Gasteiger partial charge in [0.1, 0.15) is 0 Å². The molecule has 1 saturated heterocycles. The van der Waals surface area contributed by atoms with Gasteiger partial charge in [0.05, 0.1) is 18.6 Å². The van der Waals surface area contributed by atoms with E-state index in [-0.39, 0.29) is 23.0 Å².